The molecule has 0 aliphatic heterocycles. The minimum absolute atomic E-state index is 0.00555. The summed E-state index contributed by atoms with van der Waals surface area (Å²) in [5, 5.41) is 28.0. The van der Waals surface area contributed by atoms with Crippen LogP contribution in [-0.4, -0.2) is 81.5 Å². The lowest BCUT2D eigenvalue weighted by Gasteiger charge is -2.25. The smallest absolute Gasteiger partial charge is 0.326 e. The number of H-pyrrole nitrogens is 1. The molecule has 4 amide bonds. The summed E-state index contributed by atoms with van der Waals surface area (Å²) in [4.78, 5) is 70.6. The SMILES string of the molecule is NC(=O)CCC(N)C(=O)NC(Cc1ccc(O)cc1)C(=O)NC(Cc1c[nH]c2ccccc12)C(=O)NC(CCCN=C(N)N)C(=O)O. The summed E-state index contributed by atoms with van der Waals surface area (Å²) < 4.78 is 0. The van der Waals surface area contributed by atoms with E-state index in [0.717, 1.165) is 10.9 Å². The van der Waals surface area contributed by atoms with E-state index in [0.29, 0.717) is 11.1 Å². The number of nitrogens with one attached hydrogen (secondary N) is 4. The number of amides is 4. The highest BCUT2D eigenvalue weighted by atomic mass is 16.4. The summed E-state index contributed by atoms with van der Waals surface area (Å²) in [6.07, 6.45) is 1.67. The molecule has 1 aromatic heterocycles. The number of hydrogen-bond acceptors (Lipinski definition) is 8. The molecule has 2 aromatic carbocycles. The second-order valence-corrected chi connectivity index (χ2v) is 11.0. The summed E-state index contributed by atoms with van der Waals surface area (Å²) in [5.41, 5.74) is 23.8. The molecule has 0 radical (unpaired) electrons. The second kappa shape index (κ2) is 17.2. The monoisotopic (exact) mass is 651 g/mol. The van der Waals surface area contributed by atoms with E-state index in [2.05, 4.69) is 25.9 Å². The number of aliphatic carboxylic acids is 1. The Hall–Kier alpha value is -5.64. The van der Waals surface area contributed by atoms with E-state index in [4.69, 9.17) is 22.9 Å². The van der Waals surface area contributed by atoms with Crippen molar-refractivity contribution >= 4 is 46.5 Å². The zero-order chi connectivity index (χ0) is 34.5. The minimum Gasteiger partial charge on any atom is -0.508 e. The molecule has 0 bridgehead atoms. The fourth-order valence-electron chi connectivity index (χ4n) is 4.82. The van der Waals surface area contributed by atoms with Gasteiger partial charge in [-0.2, -0.15) is 0 Å². The Balaban J connectivity index is 1.88. The van der Waals surface area contributed by atoms with Gasteiger partial charge < -0.3 is 54.1 Å². The molecule has 4 atom stereocenters. The van der Waals surface area contributed by atoms with Crippen molar-refractivity contribution < 1.29 is 34.2 Å². The van der Waals surface area contributed by atoms with Crippen molar-refractivity contribution in [2.24, 2.45) is 27.9 Å². The van der Waals surface area contributed by atoms with Crippen molar-refractivity contribution in [1.82, 2.24) is 20.9 Å². The number of benzene rings is 2. The van der Waals surface area contributed by atoms with Gasteiger partial charge in [0, 0.05) is 42.9 Å². The third kappa shape index (κ3) is 11.3. The number of rotatable bonds is 18. The van der Waals surface area contributed by atoms with Gasteiger partial charge in [0.15, 0.2) is 5.96 Å². The Labute approximate surface area is 270 Å². The predicted octanol–water partition coefficient (Wildman–Crippen LogP) is -1.16. The molecule has 1 heterocycles. The van der Waals surface area contributed by atoms with Gasteiger partial charge in [0.1, 0.15) is 23.9 Å². The van der Waals surface area contributed by atoms with E-state index in [-0.39, 0.29) is 56.8 Å². The van der Waals surface area contributed by atoms with Crippen molar-refractivity contribution in [3.63, 3.8) is 0 Å². The number of nitrogens with zero attached hydrogens (tertiary/aromatic N) is 1. The molecule has 0 aliphatic rings. The first-order chi connectivity index (χ1) is 22.3. The number of nitrogens with two attached hydrogens (primary N) is 4. The number of carbonyl (C=O) groups is 5. The molecule has 47 heavy (non-hydrogen) atoms. The number of aromatic hydroxyl groups is 1. The first kappa shape index (κ1) is 35.8. The molecule has 0 spiro atoms. The Kier molecular flexibility index (Phi) is 13.1. The van der Waals surface area contributed by atoms with E-state index in [1.54, 1.807) is 18.3 Å². The molecule has 16 heteroatoms. The van der Waals surface area contributed by atoms with E-state index in [1.807, 2.05) is 24.3 Å². The van der Waals surface area contributed by atoms with Gasteiger partial charge in [-0.3, -0.25) is 24.2 Å². The average molecular weight is 652 g/mol. The maximum absolute atomic E-state index is 13.8. The molecule has 3 rings (SSSR count). The van der Waals surface area contributed by atoms with Crippen LogP contribution in [0.15, 0.2) is 59.7 Å². The van der Waals surface area contributed by atoms with Gasteiger partial charge in [0.25, 0.3) is 0 Å². The standard InChI is InChI=1S/C31H41N9O7/c32-21(11-12-26(33)42)27(43)39-24(14-17-7-9-19(41)10-8-17)28(44)40-25(15-18-16-37-22-5-2-1-4-20(18)22)29(45)38-23(30(46)47)6-3-13-36-31(34)35/h1-2,4-5,7-10,16,21,23-25,37,41H,3,6,11-15,32H2,(H2,33,42)(H,38,45)(H,39,43)(H,40,44)(H,46,47)(H4,34,35,36). The molecule has 3 aromatic rings. The maximum atomic E-state index is 13.8. The number of carbonyl (C=O) groups excluding carboxylic acids is 4. The van der Waals surface area contributed by atoms with E-state index in [1.165, 1.54) is 12.1 Å². The Bertz CT molecular complexity index is 1590. The maximum Gasteiger partial charge on any atom is 0.326 e. The lowest BCUT2D eigenvalue weighted by molar-refractivity contribution is -0.142. The lowest BCUT2D eigenvalue weighted by atomic mass is 10.0. The fourth-order valence-corrected chi connectivity index (χ4v) is 4.82. The molecule has 16 nitrogen and oxygen atoms in total. The normalized spacial score (nSPS) is 13.5. The second-order valence-electron chi connectivity index (χ2n) is 11.0. The van der Waals surface area contributed by atoms with Crippen LogP contribution in [-0.2, 0) is 36.8 Å². The summed E-state index contributed by atoms with van der Waals surface area (Å²) in [6.45, 7) is 0.150. The Morgan fingerprint density at radius 1 is 0.809 bits per heavy atom. The molecule has 0 aliphatic carbocycles. The van der Waals surface area contributed by atoms with Gasteiger partial charge in [0.05, 0.1) is 6.04 Å². The van der Waals surface area contributed by atoms with Crippen LogP contribution < -0.4 is 38.9 Å². The summed E-state index contributed by atoms with van der Waals surface area (Å²) in [7, 11) is 0. The number of carboxylic acids is 1. The number of aromatic amines is 1. The van der Waals surface area contributed by atoms with Crippen LogP contribution in [0.4, 0.5) is 0 Å². The Morgan fingerprint density at radius 2 is 1.43 bits per heavy atom. The number of aliphatic imine (C=N–C) groups is 1. The van der Waals surface area contributed by atoms with Gasteiger partial charge in [-0.1, -0.05) is 30.3 Å². The quantitative estimate of drug-likeness (QED) is 0.0447. The average Bonchev–Trinajstić information content (AvgIpc) is 3.43. The van der Waals surface area contributed by atoms with Crippen LogP contribution >= 0.6 is 0 Å². The van der Waals surface area contributed by atoms with Crippen molar-refractivity contribution in [2.45, 2.75) is 62.7 Å². The van der Waals surface area contributed by atoms with Crippen LogP contribution in [0.1, 0.15) is 36.8 Å². The Morgan fingerprint density at radius 3 is 2.06 bits per heavy atom. The number of phenolic OH excluding ortho intramolecular Hbond substituents is 1. The zero-order valence-electron chi connectivity index (χ0n) is 25.6. The van der Waals surface area contributed by atoms with Crippen LogP contribution in [0.3, 0.4) is 0 Å². The number of carboxylic acid groups (broad SMARTS) is 1. The number of hydrogen-bond donors (Lipinski definition) is 10. The third-order valence-corrected chi connectivity index (χ3v) is 7.34. The molecular weight excluding hydrogens is 610 g/mol. The van der Waals surface area contributed by atoms with Crippen LogP contribution in [0, 0.1) is 0 Å². The minimum atomic E-state index is -1.31. The number of phenols is 1. The van der Waals surface area contributed by atoms with Crippen molar-refractivity contribution in [2.75, 3.05) is 6.54 Å². The van der Waals surface area contributed by atoms with E-state index < -0.39 is 53.8 Å². The first-order valence-corrected chi connectivity index (χ1v) is 14.9. The number of guanidine groups is 1. The van der Waals surface area contributed by atoms with Crippen LogP contribution in [0.25, 0.3) is 10.9 Å². The van der Waals surface area contributed by atoms with Gasteiger partial charge in [0.2, 0.25) is 23.6 Å². The highest BCUT2D eigenvalue weighted by Crippen LogP contribution is 2.20. The van der Waals surface area contributed by atoms with Gasteiger partial charge >= 0.3 is 5.97 Å². The summed E-state index contributed by atoms with van der Waals surface area (Å²) in [6, 6.07) is 8.28. The molecular formula is C31H41N9O7. The van der Waals surface area contributed by atoms with E-state index in [9.17, 15) is 34.2 Å². The topological polar surface area (TPSA) is 294 Å². The molecule has 14 N–H and O–H groups in total. The van der Waals surface area contributed by atoms with Crippen LogP contribution in [0.2, 0.25) is 0 Å². The fraction of sp³-hybridized carbons (Fsp3) is 0.355. The van der Waals surface area contributed by atoms with Crippen molar-refractivity contribution in [3.8, 4) is 5.75 Å². The van der Waals surface area contributed by atoms with Gasteiger partial charge in [-0.15, -0.1) is 0 Å². The van der Waals surface area contributed by atoms with Crippen molar-refractivity contribution in [1.29, 1.82) is 0 Å². The number of aromatic nitrogens is 1. The highest BCUT2D eigenvalue weighted by Gasteiger charge is 2.31. The predicted molar refractivity (Wildman–Crippen MR) is 174 cm³/mol. The zero-order valence-corrected chi connectivity index (χ0v) is 25.6. The first-order valence-electron chi connectivity index (χ1n) is 14.9. The third-order valence-electron chi connectivity index (χ3n) is 7.34. The largest absolute Gasteiger partial charge is 0.508 e. The molecule has 0 saturated heterocycles. The number of primary amides is 1. The van der Waals surface area contributed by atoms with Crippen molar-refractivity contribution in [3.05, 3.63) is 65.9 Å². The number of para-hydroxylation sites is 1. The van der Waals surface area contributed by atoms with E-state index >= 15 is 0 Å². The van der Waals surface area contributed by atoms with Gasteiger partial charge in [-0.25, -0.2) is 4.79 Å². The lowest BCUT2D eigenvalue weighted by Crippen LogP contribution is -2.58. The molecule has 0 fully saturated rings. The summed E-state index contributed by atoms with van der Waals surface area (Å²) >= 11 is 0. The molecule has 0 saturated carbocycles. The van der Waals surface area contributed by atoms with Gasteiger partial charge in [-0.05, 0) is 48.6 Å². The van der Waals surface area contributed by atoms with Crippen LogP contribution in [0.5, 0.6) is 5.75 Å². The molecule has 252 valence electrons. The summed E-state index contributed by atoms with van der Waals surface area (Å²) in [5.74, 6) is -4.34. The highest BCUT2D eigenvalue weighted by molar-refractivity contribution is 5.95. The molecule has 4 unspecified atom stereocenters. The number of fused-ring (bicyclic) bond motifs is 1.